The summed E-state index contributed by atoms with van der Waals surface area (Å²) in [5.41, 5.74) is 3.90. The monoisotopic (exact) mass is 436 g/mol. The number of rotatable bonds is 5. The van der Waals surface area contributed by atoms with Crippen molar-refractivity contribution in [3.8, 4) is 16.9 Å². The fourth-order valence-electron chi connectivity index (χ4n) is 3.50. The molecule has 7 nitrogen and oxygen atoms in total. The molecule has 2 aromatic heterocycles. The number of aryl methyl sites for hydroxylation is 2. The van der Waals surface area contributed by atoms with Crippen molar-refractivity contribution >= 4 is 34.2 Å². The number of hydrogen-bond donors (Lipinski definition) is 1. The Kier molecular flexibility index (Phi) is 5.52. The summed E-state index contributed by atoms with van der Waals surface area (Å²) in [5.74, 6) is 0.381. The smallest absolute Gasteiger partial charge is 0.278 e. The molecule has 0 saturated carbocycles. The number of nitrogens with zero attached hydrogens (tertiary/aromatic N) is 3. The Morgan fingerprint density at radius 3 is 2.81 bits per heavy atom. The van der Waals surface area contributed by atoms with E-state index in [4.69, 9.17) is 16.3 Å². The first kappa shape index (κ1) is 20.7. The molecule has 8 heteroatoms. The van der Waals surface area contributed by atoms with E-state index in [0.29, 0.717) is 21.7 Å². The summed E-state index contributed by atoms with van der Waals surface area (Å²) in [4.78, 5) is 30.1. The number of carbonyl (C=O) groups is 1. The van der Waals surface area contributed by atoms with E-state index in [2.05, 4.69) is 10.3 Å². The largest absolute Gasteiger partial charge is 0.497 e. The molecule has 0 spiro atoms. The Balaban J connectivity index is 1.67. The number of halogens is 1. The van der Waals surface area contributed by atoms with E-state index in [1.165, 1.54) is 10.9 Å². The maximum absolute atomic E-state index is 13.1. The van der Waals surface area contributed by atoms with Crippen molar-refractivity contribution in [2.24, 2.45) is 7.05 Å². The Hall–Kier alpha value is -3.58. The summed E-state index contributed by atoms with van der Waals surface area (Å²) < 4.78 is 8.33. The lowest BCUT2D eigenvalue weighted by Gasteiger charge is -2.10. The summed E-state index contributed by atoms with van der Waals surface area (Å²) in [6, 6.07) is 12.8. The number of aromatic nitrogens is 3. The third-order valence-corrected chi connectivity index (χ3v) is 5.35. The summed E-state index contributed by atoms with van der Waals surface area (Å²) >= 11 is 6.01. The van der Waals surface area contributed by atoms with Crippen LogP contribution in [-0.2, 0) is 18.4 Å². The van der Waals surface area contributed by atoms with E-state index in [-0.39, 0.29) is 18.0 Å². The topological polar surface area (TPSA) is 78.1 Å². The zero-order valence-electron chi connectivity index (χ0n) is 17.3. The quantitative estimate of drug-likeness (QED) is 0.512. The minimum Gasteiger partial charge on any atom is -0.497 e. The number of anilines is 1. The van der Waals surface area contributed by atoms with Gasteiger partial charge in [-0.05, 0) is 42.3 Å². The van der Waals surface area contributed by atoms with Crippen LogP contribution in [0.3, 0.4) is 0 Å². The molecule has 31 heavy (non-hydrogen) atoms. The molecular formula is C23H21ClN4O3. The van der Waals surface area contributed by atoms with Crippen molar-refractivity contribution in [2.75, 3.05) is 12.4 Å². The van der Waals surface area contributed by atoms with Crippen LogP contribution in [0.2, 0.25) is 5.02 Å². The molecule has 0 atom stereocenters. The lowest BCUT2D eigenvalue weighted by Crippen LogP contribution is -2.28. The normalized spacial score (nSPS) is 11.0. The molecule has 0 aliphatic carbocycles. The van der Waals surface area contributed by atoms with E-state index in [0.717, 1.165) is 22.4 Å². The predicted octanol–water partition coefficient (Wildman–Crippen LogP) is 4.01. The highest BCUT2D eigenvalue weighted by Gasteiger charge is 2.16. The second kappa shape index (κ2) is 8.28. The average molecular weight is 437 g/mol. The number of fused-ring (bicyclic) bond motifs is 1. The zero-order valence-corrected chi connectivity index (χ0v) is 18.1. The SMILES string of the molecule is COc1cccc(-c2cn(C)c3c(=O)n(CC(=O)Nc4cc(Cl)ccc4C)cnc23)c1. The number of carbonyl (C=O) groups excluding carboxylic acids is 1. The average Bonchev–Trinajstić information content (AvgIpc) is 3.10. The molecule has 0 radical (unpaired) electrons. The molecular weight excluding hydrogens is 416 g/mol. The zero-order chi connectivity index (χ0) is 22.1. The first-order valence-corrected chi connectivity index (χ1v) is 10.00. The van der Waals surface area contributed by atoms with Crippen molar-refractivity contribution in [1.29, 1.82) is 0 Å². The van der Waals surface area contributed by atoms with Gasteiger partial charge >= 0.3 is 0 Å². The third-order valence-electron chi connectivity index (χ3n) is 5.11. The van der Waals surface area contributed by atoms with Crippen LogP contribution in [0.15, 0.2) is 59.8 Å². The maximum Gasteiger partial charge on any atom is 0.278 e. The second-order valence-electron chi connectivity index (χ2n) is 7.27. The molecule has 0 saturated heterocycles. The first-order chi connectivity index (χ1) is 14.9. The van der Waals surface area contributed by atoms with Gasteiger partial charge in [-0.25, -0.2) is 4.98 Å². The predicted molar refractivity (Wildman–Crippen MR) is 122 cm³/mol. The Labute approximate surface area is 183 Å². The van der Waals surface area contributed by atoms with Crippen LogP contribution in [0.25, 0.3) is 22.2 Å². The van der Waals surface area contributed by atoms with Gasteiger partial charge in [-0.3, -0.25) is 14.2 Å². The Morgan fingerprint density at radius 1 is 1.23 bits per heavy atom. The van der Waals surface area contributed by atoms with Crippen molar-refractivity contribution in [1.82, 2.24) is 14.1 Å². The summed E-state index contributed by atoms with van der Waals surface area (Å²) in [6.45, 7) is 1.71. The van der Waals surface area contributed by atoms with E-state index in [1.54, 1.807) is 30.9 Å². The summed E-state index contributed by atoms with van der Waals surface area (Å²) in [7, 11) is 3.39. The van der Waals surface area contributed by atoms with Gasteiger partial charge in [0, 0.05) is 29.5 Å². The number of nitrogens with one attached hydrogen (secondary N) is 1. The van der Waals surface area contributed by atoms with Gasteiger partial charge in [-0.2, -0.15) is 0 Å². The molecule has 4 aromatic rings. The minimum atomic E-state index is -0.337. The lowest BCUT2D eigenvalue weighted by molar-refractivity contribution is -0.116. The van der Waals surface area contributed by atoms with Gasteiger partial charge in [0.15, 0.2) is 0 Å². The highest BCUT2D eigenvalue weighted by Crippen LogP contribution is 2.29. The number of ether oxygens (including phenoxy) is 1. The fraction of sp³-hybridized carbons (Fsp3) is 0.174. The van der Waals surface area contributed by atoms with Gasteiger partial charge in [0.05, 0.1) is 13.4 Å². The fourth-order valence-corrected chi connectivity index (χ4v) is 3.67. The van der Waals surface area contributed by atoms with Gasteiger partial charge in [0.25, 0.3) is 5.56 Å². The van der Waals surface area contributed by atoms with Crippen molar-refractivity contribution in [2.45, 2.75) is 13.5 Å². The van der Waals surface area contributed by atoms with E-state index >= 15 is 0 Å². The van der Waals surface area contributed by atoms with Crippen LogP contribution in [0.1, 0.15) is 5.56 Å². The molecule has 1 amide bonds. The Morgan fingerprint density at radius 2 is 2.03 bits per heavy atom. The van der Waals surface area contributed by atoms with Crippen LogP contribution in [0.5, 0.6) is 5.75 Å². The van der Waals surface area contributed by atoms with Gasteiger partial charge in [-0.1, -0.05) is 29.8 Å². The van der Waals surface area contributed by atoms with Crippen molar-refractivity contribution in [3.63, 3.8) is 0 Å². The highest BCUT2D eigenvalue weighted by atomic mass is 35.5. The number of amides is 1. The second-order valence-corrected chi connectivity index (χ2v) is 7.70. The van der Waals surface area contributed by atoms with Crippen LogP contribution in [0, 0.1) is 6.92 Å². The molecule has 1 N–H and O–H groups in total. The molecule has 0 aliphatic rings. The van der Waals surface area contributed by atoms with Crippen LogP contribution in [-0.4, -0.2) is 27.1 Å². The van der Waals surface area contributed by atoms with Crippen molar-refractivity contribution < 1.29 is 9.53 Å². The van der Waals surface area contributed by atoms with Gasteiger partial charge in [-0.15, -0.1) is 0 Å². The standard InChI is InChI=1S/C23H21ClN4O3/c1-14-7-8-16(24)10-19(14)26-20(29)12-28-13-25-21-18(11-27(2)22(21)23(28)30)15-5-4-6-17(9-15)31-3/h4-11,13H,12H2,1-3H3,(H,26,29). The summed E-state index contributed by atoms with van der Waals surface area (Å²) in [5, 5.41) is 3.32. The van der Waals surface area contributed by atoms with E-state index in [9.17, 15) is 9.59 Å². The van der Waals surface area contributed by atoms with Crippen LogP contribution < -0.4 is 15.6 Å². The lowest BCUT2D eigenvalue weighted by atomic mass is 10.1. The van der Waals surface area contributed by atoms with Gasteiger partial charge < -0.3 is 14.6 Å². The molecule has 0 bridgehead atoms. The molecule has 0 fully saturated rings. The van der Waals surface area contributed by atoms with Crippen LogP contribution in [0.4, 0.5) is 5.69 Å². The summed E-state index contributed by atoms with van der Waals surface area (Å²) in [6.07, 6.45) is 3.26. The highest BCUT2D eigenvalue weighted by molar-refractivity contribution is 6.31. The first-order valence-electron chi connectivity index (χ1n) is 9.62. The Bertz CT molecular complexity index is 1360. The molecule has 4 rings (SSSR count). The molecule has 0 aliphatic heterocycles. The van der Waals surface area contributed by atoms with Crippen LogP contribution >= 0.6 is 11.6 Å². The minimum absolute atomic E-state index is 0.159. The maximum atomic E-state index is 13.1. The molecule has 2 heterocycles. The van der Waals surface area contributed by atoms with Gasteiger partial charge in [0.1, 0.15) is 23.3 Å². The number of hydrogen-bond acceptors (Lipinski definition) is 4. The van der Waals surface area contributed by atoms with Gasteiger partial charge in [0.2, 0.25) is 5.91 Å². The van der Waals surface area contributed by atoms with E-state index < -0.39 is 0 Å². The van der Waals surface area contributed by atoms with Crippen molar-refractivity contribution in [3.05, 3.63) is 75.9 Å². The van der Waals surface area contributed by atoms with E-state index in [1.807, 2.05) is 43.5 Å². The number of benzene rings is 2. The molecule has 0 unspecified atom stereocenters. The number of methoxy groups -OCH3 is 1. The molecule has 158 valence electrons. The molecule has 2 aromatic carbocycles. The third kappa shape index (κ3) is 4.04.